The fraction of sp³-hybridized carbons (Fsp3) is 0.400. The minimum atomic E-state index is -0.553. The number of hydrogen-bond acceptors (Lipinski definition) is 5. The molecule has 1 aliphatic rings. The van der Waals surface area contributed by atoms with Gasteiger partial charge in [-0.25, -0.2) is 4.79 Å². The number of nitrogens with one attached hydrogen (secondary N) is 1. The van der Waals surface area contributed by atoms with Crippen LogP contribution in [-0.2, 0) is 19.1 Å². The molecule has 32 heavy (non-hydrogen) atoms. The Hall–Kier alpha value is -3.35. The Morgan fingerprint density at radius 1 is 0.938 bits per heavy atom. The van der Waals surface area contributed by atoms with E-state index in [1.807, 2.05) is 75.4 Å². The molecule has 2 amide bonds. The lowest BCUT2D eigenvalue weighted by molar-refractivity contribution is -0.153. The topological polar surface area (TPSA) is 84.9 Å². The Balaban J connectivity index is 1.40. The zero-order valence-electron chi connectivity index (χ0n) is 18.8. The van der Waals surface area contributed by atoms with E-state index in [1.165, 1.54) is 0 Å². The molecular weight excluding hydrogens is 408 g/mol. The molecule has 1 heterocycles. The lowest BCUT2D eigenvalue weighted by Crippen LogP contribution is -2.43. The molecule has 1 fully saturated rings. The van der Waals surface area contributed by atoms with Gasteiger partial charge in [-0.3, -0.25) is 9.59 Å². The van der Waals surface area contributed by atoms with E-state index in [-0.39, 0.29) is 18.6 Å². The molecule has 7 nitrogen and oxygen atoms in total. The van der Waals surface area contributed by atoms with Crippen LogP contribution in [-0.4, -0.2) is 48.2 Å². The average molecular weight is 439 g/mol. The van der Waals surface area contributed by atoms with Crippen molar-refractivity contribution in [3.8, 4) is 11.1 Å². The number of amides is 2. The zero-order chi connectivity index (χ0) is 23.1. The van der Waals surface area contributed by atoms with Gasteiger partial charge < -0.3 is 19.7 Å². The van der Waals surface area contributed by atoms with Crippen molar-refractivity contribution in [2.45, 2.75) is 39.2 Å². The van der Waals surface area contributed by atoms with Crippen molar-refractivity contribution in [2.75, 3.05) is 25.0 Å². The quantitative estimate of drug-likeness (QED) is 0.696. The third kappa shape index (κ3) is 6.83. The van der Waals surface area contributed by atoms with E-state index in [0.29, 0.717) is 31.6 Å². The van der Waals surface area contributed by atoms with Gasteiger partial charge in [0.1, 0.15) is 5.60 Å². The van der Waals surface area contributed by atoms with Gasteiger partial charge in [0.15, 0.2) is 6.61 Å². The van der Waals surface area contributed by atoms with Crippen LogP contribution in [0.25, 0.3) is 11.1 Å². The number of ether oxygens (including phenoxy) is 2. The van der Waals surface area contributed by atoms with Crippen LogP contribution in [0.3, 0.4) is 0 Å². The summed E-state index contributed by atoms with van der Waals surface area (Å²) in [7, 11) is 0. The highest BCUT2D eigenvalue weighted by molar-refractivity contribution is 5.93. The van der Waals surface area contributed by atoms with Crippen LogP contribution in [0, 0.1) is 5.92 Å². The van der Waals surface area contributed by atoms with Crippen LogP contribution in [0.5, 0.6) is 0 Å². The van der Waals surface area contributed by atoms with Gasteiger partial charge in [0, 0.05) is 18.8 Å². The number of nitrogens with zero attached hydrogens (tertiary/aromatic N) is 1. The van der Waals surface area contributed by atoms with Gasteiger partial charge in [0.25, 0.3) is 5.91 Å². The van der Waals surface area contributed by atoms with E-state index in [1.54, 1.807) is 4.90 Å². The number of likely N-dealkylation sites (tertiary alicyclic amines) is 1. The Morgan fingerprint density at radius 2 is 1.53 bits per heavy atom. The predicted molar refractivity (Wildman–Crippen MR) is 122 cm³/mol. The van der Waals surface area contributed by atoms with E-state index in [0.717, 1.165) is 11.1 Å². The van der Waals surface area contributed by atoms with E-state index in [2.05, 4.69) is 5.32 Å². The first-order valence-corrected chi connectivity index (χ1v) is 10.8. The molecule has 7 heteroatoms. The summed E-state index contributed by atoms with van der Waals surface area (Å²) in [6, 6.07) is 17.4. The molecule has 0 aromatic heterocycles. The molecule has 0 saturated carbocycles. The number of carbonyl (C=O) groups is 3. The normalized spacial score (nSPS) is 14.5. The summed E-state index contributed by atoms with van der Waals surface area (Å²) in [4.78, 5) is 38.2. The fourth-order valence-corrected chi connectivity index (χ4v) is 3.45. The van der Waals surface area contributed by atoms with Crippen molar-refractivity contribution in [3.05, 3.63) is 54.6 Å². The van der Waals surface area contributed by atoms with E-state index >= 15 is 0 Å². The smallest absolute Gasteiger partial charge is 0.410 e. The van der Waals surface area contributed by atoms with Crippen molar-refractivity contribution in [1.82, 2.24) is 4.90 Å². The van der Waals surface area contributed by atoms with Crippen LogP contribution in [0.2, 0.25) is 0 Å². The summed E-state index contributed by atoms with van der Waals surface area (Å²) in [6.45, 7) is 5.96. The maximum absolute atomic E-state index is 12.3. The molecule has 0 radical (unpaired) electrons. The number of hydrogen-bond donors (Lipinski definition) is 1. The second kappa shape index (κ2) is 10.3. The summed E-state index contributed by atoms with van der Waals surface area (Å²) < 4.78 is 10.6. The summed E-state index contributed by atoms with van der Waals surface area (Å²) >= 11 is 0. The van der Waals surface area contributed by atoms with Gasteiger partial charge in [-0.1, -0.05) is 42.5 Å². The third-order valence-corrected chi connectivity index (χ3v) is 5.10. The molecule has 170 valence electrons. The standard InChI is InChI=1S/C25H30N2O5/c1-25(2,3)32-24(30)27-15-13-20(14-16-27)23(29)31-17-22(28)26-21-11-9-19(10-12-21)18-7-5-4-6-8-18/h4-12,20H,13-17H2,1-3H3,(H,26,28). The van der Waals surface area contributed by atoms with Gasteiger partial charge in [-0.15, -0.1) is 0 Å². The molecule has 0 unspecified atom stereocenters. The Labute approximate surface area is 188 Å². The first-order valence-electron chi connectivity index (χ1n) is 10.8. The molecule has 1 N–H and O–H groups in total. The van der Waals surface area contributed by atoms with E-state index in [4.69, 9.17) is 9.47 Å². The lowest BCUT2D eigenvalue weighted by Gasteiger charge is -2.32. The summed E-state index contributed by atoms with van der Waals surface area (Å²) in [5.41, 5.74) is 2.23. The third-order valence-electron chi connectivity index (χ3n) is 5.10. The maximum Gasteiger partial charge on any atom is 0.410 e. The SMILES string of the molecule is CC(C)(C)OC(=O)N1CCC(C(=O)OCC(=O)Nc2ccc(-c3ccccc3)cc2)CC1. The first-order chi connectivity index (χ1) is 15.2. The summed E-state index contributed by atoms with van der Waals surface area (Å²) in [5.74, 6) is -1.13. The molecule has 0 atom stereocenters. The van der Waals surface area contributed by atoms with Crippen LogP contribution in [0.1, 0.15) is 33.6 Å². The Morgan fingerprint density at radius 3 is 2.12 bits per heavy atom. The van der Waals surface area contributed by atoms with E-state index < -0.39 is 17.5 Å². The summed E-state index contributed by atoms with van der Waals surface area (Å²) in [6.07, 6.45) is 0.600. The molecule has 2 aromatic rings. The average Bonchev–Trinajstić information content (AvgIpc) is 2.77. The highest BCUT2D eigenvalue weighted by Gasteiger charge is 2.30. The van der Waals surface area contributed by atoms with Crippen molar-refractivity contribution in [2.24, 2.45) is 5.92 Å². The maximum atomic E-state index is 12.3. The minimum absolute atomic E-state index is 0.327. The molecule has 1 saturated heterocycles. The molecule has 3 rings (SSSR count). The van der Waals surface area contributed by atoms with Gasteiger partial charge in [-0.2, -0.15) is 0 Å². The molecule has 1 aliphatic heterocycles. The zero-order valence-corrected chi connectivity index (χ0v) is 18.8. The second-order valence-corrected chi connectivity index (χ2v) is 8.84. The number of esters is 1. The van der Waals surface area contributed by atoms with Gasteiger partial charge >= 0.3 is 12.1 Å². The van der Waals surface area contributed by atoms with Crippen molar-refractivity contribution < 1.29 is 23.9 Å². The van der Waals surface area contributed by atoms with Gasteiger partial charge in [0.05, 0.1) is 5.92 Å². The minimum Gasteiger partial charge on any atom is -0.455 e. The molecule has 2 aromatic carbocycles. The second-order valence-electron chi connectivity index (χ2n) is 8.84. The largest absolute Gasteiger partial charge is 0.455 e. The predicted octanol–water partition coefficient (Wildman–Crippen LogP) is 4.48. The van der Waals surface area contributed by atoms with Gasteiger partial charge in [-0.05, 0) is 56.9 Å². The number of rotatable bonds is 5. The molecule has 0 aliphatic carbocycles. The van der Waals surface area contributed by atoms with Crippen molar-refractivity contribution in [1.29, 1.82) is 0 Å². The number of anilines is 1. The summed E-state index contributed by atoms with van der Waals surface area (Å²) in [5, 5.41) is 2.74. The number of carbonyl (C=O) groups excluding carboxylic acids is 3. The van der Waals surface area contributed by atoms with Crippen molar-refractivity contribution >= 4 is 23.7 Å². The van der Waals surface area contributed by atoms with Crippen LogP contribution < -0.4 is 5.32 Å². The van der Waals surface area contributed by atoms with E-state index in [9.17, 15) is 14.4 Å². The van der Waals surface area contributed by atoms with Gasteiger partial charge in [0.2, 0.25) is 0 Å². The monoisotopic (exact) mass is 438 g/mol. The van der Waals surface area contributed by atoms with Crippen molar-refractivity contribution in [3.63, 3.8) is 0 Å². The molecular formula is C25H30N2O5. The highest BCUT2D eigenvalue weighted by Crippen LogP contribution is 2.22. The molecule has 0 bridgehead atoms. The number of benzene rings is 2. The Bertz CT molecular complexity index is 927. The van der Waals surface area contributed by atoms with Crippen LogP contribution in [0.15, 0.2) is 54.6 Å². The van der Waals surface area contributed by atoms with Crippen LogP contribution >= 0.6 is 0 Å². The van der Waals surface area contributed by atoms with Crippen LogP contribution in [0.4, 0.5) is 10.5 Å². The fourth-order valence-electron chi connectivity index (χ4n) is 3.45. The lowest BCUT2D eigenvalue weighted by atomic mass is 9.97. The highest BCUT2D eigenvalue weighted by atomic mass is 16.6. The first kappa shape index (κ1) is 23.3. The Kier molecular flexibility index (Phi) is 7.51. The number of piperidine rings is 1. The molecule has 0 spiro atoms.